The summed E-state index contributed by atoms with van der Waals surface area (Å²) in [5.74, 6) is 1.11. The van der Waals surface area contributed by atoms with Gasteiger partial charge in [0.25, 0.3) is 5.91 Å². The fraction of sp³-hybridized carbons (Fsp3) is 0.412. The Morgan fingerprint density at radius 2 is 2.17 bits per heavy atom. The lowest BCUT2D eigenvalue weighted by atomic mass is 10.1. The highest BCUT2D eigenvalue weighted by Crippen LogP contribution is 2.29. The van der Waals surface area contributed by atoms with E-state index in [4.69, 9.17) is 9.47 Å². The van der Waals surface area contributed by atoms with Crippen molar-refractivity contribution in [1.82, 2.24) is 10.3 Å². The molecule has 0 aliphatic heterocycles. The highest BCUT2D eigenvalue weighted by Gasteiger charge is 2.19. The van der Waals surface area contributed by atoms with Crippen molar-refractivity contribution < 1.29 is 14.3 Å². The van der Waals surface area contributed by atoms with Gasteiger partial charge in [0.2, 0.25) is 0 Å². The minimum atomic E-state index is -0.0544. The van der Waals surface area contributed by atoms with Crippen LogP contribution in [0.25, 0.3) is 0 Å². The Morgan fingerprint density at radius 1 is 1.35 bits per heavy atom. The fourth-order valence-electron chi connectivity index (χ4n) is 2.73. The molecular formula is C17H20N2O3S. The predicted molar refractivity (Wildman–Crippen MR) is 89.2 cm³/mol. The van der Waals surface area contributed by atoms with Crippen LogP contribution in [0, 0.1) is 0 Å². The van der Waals surface area contributed by atoms with Gasteiger partial charge in [-0.15, -0.1) is 11.3 Å². The van der Waals surface area contributed by atoms with E-state index in [1.807, 2.05) is 5.38 Å². The van der Waals surface area contributed by atoms with E-state index in [0.29, 0.717) is 29.7 Å². The molecule has 6 heteroatoms. The topological polar surface area (TPSA) is 60.5 Å². The summed E-state index contributed by atoms with van der Waals surface area (Å²) < 4.78 is 11.1. The number of hydrogen-bond acceptors (Lipinski definition) is 5. The monoisotopic (exact) mass is 332 g/mol. The zero-order valence-electron chi connectivity index (χ0n) is 13.1. The average Bonchev–Trinajstić information content (AvgIpc) is 3.26. The third kappa shape index (κ3) is 4.01. The zero-order valence-corrected chi connectivity index (χ0v) is 13.9. The van der Waals surface area contributed by atoms with Crippen LogP contribution in [0.2, 0.25) is 0 Å². The zero-order chi connectivity index (χ0) is 16.1. The lowest BCUT2D eigenvalue weighted by Gasteiger charge is -2.14. The number of nitrogens with one attached hydrogen (secondary N) is 1. The number of aromatic nitrogens is 1. The highest BCUT2D eigenvalue weighted by atomic mass is 32.1. The first-order chi connectivity index (χ1) is 11.3. The third-order valence-corrected chi connectivity index (χ3v) is 4.61. The Balaban J connectivity index is 1.66. The van der Waals surface area contributed by atoms with Crippen molar-refractivity contribution in [3.8, 4) is 11.5 Å². The summed E-state index contributed by atoms with van der Waals surface area (Å²) >= 11 is 1.53. The molecule has 1 N–H and O–H groups in total. The number of nitrogens with zero attached hydrogens (tertiary/aromatic N) is 1. The Bertz CT molecular complexity index is 652. The van der Waals surface area contributed by atoms with Crippen LogP contribution in [0.3, 0.4) is 0 Å². The third-order valence-electron chi connectivity index (χ3n) is 3.98. The predicted octanol–water partition coefficient (Wildman–Crippen LogP) is 3.40. The number of carbonyl (C=O) groups excluding carboxylic acids is 1. The van der Waals surface area contributed by atoms with Gasteiger partial charge in [-0.25, -0.2) is 4.98 Å². The summed E-state index contributed by atoms with van der Waals surface area (Å²) in [5.41, 5.74) is 3.24. The van der Waals surface area contributed by atoms with E-state index in [-0.39, 0.29) is 5.91 Å². The molecule has 5 nitrogen and oxygen atoms in total. The van der Waals surface area contributed by atoms with Crippen molar-refractivity contribution in [1.29, 1.82) is 0 Å². The van der Waals surface area contributed by atoms with Crippen molar-refractivity contribution in [2.75, 3.05) is 7.11 Å². The molecule has 3 rings (SSSR count). The summed E-state index contributed by atoms with van der Waals surface area (Å²) in [6, 6.07) is 5.56. The molecule has 0 saturated heterocycles. The van der Waals surface area contributed by atoms with Crippen molar-refractivity contribution in [3.05, 3.63) is 40.3 Å². The second-order valence-electron chi connectivity index (χ2n) is 5.59. The van der Waals surface area contributed by atoms with E-state index < -0.39 is 0 Å². The van der Waals surface area contributed by atoms with Crippen molar-refractivity contribution >= 4 is 17.2 Å². The maximum atomic E-state index is 12.3. The maximum absolute atomic E-state index is 12.3. The number of ether oxygens (including phenoxy) is 2. The van der Waals surface area contributed by atoms with Crippen molar-refractivity contribution in [2.45, 2.75) is 38.3 Å². The van der Waals surface area contributed by atoms with Crippen LogP contribution in [-0.4, -0.2) is 24.0 Å². The molecule has 1 aliphatic rings. The van der Waals surface area contributed by atoms with Gasteiger partial charge in [0.1, 0.15) is 6.61 Å². The minimum Gasteiger partial charge on any atom is -0.493 e. The van der Waals surface area contributed by atoms with Crippen LogP contribution in [0.5, 0.6) is 11.5 Å². The molecule has 1 saturated carbocycles. The molecule has 2 aromatic rings. The first-order valence-corrected chi connectivity index (χ1v) is 8.69. The summed E-state index contributed by atoms with van der Waals surface area (Å²) in [6.45, 7) is 0.382. The SMILES string of the molecule is COc1cc(C(=O)NC2CCCC2)ccc1OCc1cscn1. The van der Waals surface area contributed by atoms with Gasteiger partial charge >= 0.3 is 0 Å². The normalized spacial score (nSPS) is 14.7. The standard InChI is InChI=1S/C17H20N2O3S/c1-21-16-8-12(17(20)19-13-4-2-3-5-13)6-7-15(16)22-9-14-10-23-11-18-14/h6-8,10-11,13H,2-5,9H2,1H3,(H,19,20). The van der Waals surface area contributed by atoms with E-state index in [9.17, 15) is 4.79 Å². The molecular weight excluding hydrogens is 312 g/mol. The van der Waals surface area contributed by atoms with Gasteiger partial charge in [0, 0.05) is 17.0 Å². The summed E-state index contributed by atoms with van der Waals surface area (Å²) in [6.07, 6.45) is 4.52. The largest absolute Gasteiger partial charge is 0.493 e. The number of carbonyl (C=O) groups is 1. The molecule has 1 heterocycles. The van der Waals surface area contributed by atoms with Gasteiger partial charge in [-0.3, -0.25) is 4.79 Å². The summed E-state index contributed by atoms with van der Waals surface area (Å²) in [7, 11) is 1.57. The van der Waals surface area contributed by atoms with Gasteiger partial charge in [-0.2, -0.15) is 0 Å². The van der Waals surface area contributed by atoms with Gasteiger partial charge in [-0.05, 0) is 31.0 Å². The van der Waals surface area contributed by atoms with Crippen LogP contribution in [0.1, 0.15) is 41.7 Å². The lowest BCUT2D eigenvalue weighted by molar-refractivity contribution is 0.0937. The molecule has 0 spiro atoms. The smallest absolute Gasteiger partial charge is 0.251 e. The van der Waals surface area contributed by atoms with Gasteiger partial charge in [0.15, 0.2) is 11.5 Å². The van der Waals surface area contributed by atoms with Crippen LogP contribution in [0.15, 0.2) is 29.1 Å². The highest BCUT2D eigenvalue weighted by molar-refractivity contribution is 7.07. The average molecular weight is 332 g/mol. The number of benzene rings is 1. The van der Waals surface area contributed by atoms with Gasteiger partial charge < -0.3 is 14.8 Å². The molecule has 0 atom stereocenters. The number of hydrogen-bond donors (Lipinski definition) is 1. The number of thiazole rings is 1. The van der Waals surface area contributed by atoms with Gasteiger partial charge in [0.05, 0.1) is 18.3 Å². The molecule has 23 heavy (non-hydrogen) atoms. The molecule has 1 amide bonds. The quantitative estimate of drug-likeness (QED) is 0.881. The molecule has 1 aromatic heterocycles. The van der Waals surface area contributed by atoms with E-state index in [2.05, 4.69) is 10.3 Å². The Morgan fingerprint density at radius 3 is 2.87 bits per heavy atom. The Labute approximate surface area is 139 Å². The van der Waals surface area contributed by atoms with Gasteiger partial charge in [-0.1, -0.05) is 12.8 Å². The van der Waals surface area contributed by atoms with Crippen molar-refractivity contribution in [3.63, 3.8) is 0 Å². The Hall–Kier alpha value is -2.08. The number of methoxy groups -OCH3 is 1. The van der Waals surface area contributed by atoms with E-state index in [1.165, 1.54) is 24.2 Å². The van der Waals surface area contributed by atoms with Crippen LogP contribution >= 0.6 is 11.3 Å². The van der Waals surface area contributed by atoms with E-state index in [0.717, 1.165) is 18.5 Å². The fourth-order valence-corrected chi connectivity index (χ4v) is 3.27. The lowest BCUT2D eigenvalue weighted by Crippen LogP contribution is -2.32. The second-order valence-corrected chi connectivity index (χ2v) is 6.31. The molecule has 1 fully saturated rings. The first kappa shape index (κ1) is 15.8. The Kier molecular flexibility index (Phi) is 5.12. The maximum Gasteiger partial charge on any atom is 0.251 e. The molecule has 0 unspecified atom stereocenters. The summed E-state index contributed by atoms with van der Waals surface area (Å²) in [4.78, 5) is 16.5. The number of rotatable bonds is 6. The van der Waals surface area contributed by atoms with Crippen molar-refractivity contribution in [2.24, 2.45) is 0 Å². The van der Waals surface area contributed by atoms with E-state index >= 15 is 0 Å². The summed E-state index contributed by atoms with van der Waals surface area (Å²) in [5, 5.41) is 5.02. The van der Waals surface area contributed by atoms with Crippen LogP contribution < -0.4 is 14.8 Å². The first-order valence-electron chi connectivity index (χ1n) is 7.75. The molecule has 1 aliphatic carbocycles. The number of amides is 1. The molecule has 122 valence electrons. The minimum absolute atomic E-state index is 0.0544. The molecule has 0 radical (unpaired) electrons. The van der Waals surface area contributed by atoms with Crippen LogP contribution in [-0.2, 0) is 6.61 Å². The molecule has 1 aromatic carbocycles. The molecule has 0 bridgehead atoms. The second kappa shape index (κ2) is 7.46. The van der Waals surface area contributed by atoms with Crippen LogP contribution in [0.4, 0.5) is 0 Å². The van der Waals surface area contributed by atoms with E-state index in [1.54, 1.807) is 30.8 Å².